The maximum atomic E-state index is 10.9. The average molecular weight is 298 g/mol. The Bertz CT molecular complexity index is 650. The summed E-state index contributed by atoms with van der Waals surface area (Å²) >= 11 is 0. The summed E-state index contributed by atoms with van der Waals surface area (Å²) in [7, 11) is 3.25. The van der Waals surface area contributed by atoms with Gasteiger partial charge in [0.15, 0.2) is 0 Å². The monoisotopic (exact) mass is 298 g/mol. The van der Waals surface area contributed by atoms with Crippen molar-refractivity contribution in [3.63, 3.8) is 0 Å². The van der Waals surface area contributed by atoms with E-state index in [1.54, 1.807) is 26.4 Å². The van der Waals surface area contributed by atoms with E-state index < -0.39 is 0 Å². The van der Waals surface area contributed by atoms with E-state index in [2.05, 4.69) is 0 Å². The van der Waals surface area contributed by atoms with Crippen LogP contribution in [0.25, 0.3) is 12.2 Å². The van der Waals surface area contributed by atoms with Gasteiger partial charge in [0.25, 0.3) is 0 Å². The third-order valence-corrected chi connectivity index (χ3v) is 3.05. The molecule has 0 aliphatic carbocycles. The van der Waals surface area contributed by atoms with Gasteiger partial charge in [-0.05, 0) is 35.9 Å². The number of hydrogen-bond donors (Lipinski definition) is 0. The highest BCUT2D eigenvalue weighted by Gasteiger charge is 2.06. The zero-order valence-corrected chi connectivity index (χ0v) is 12.8. The predicted molar refractivity (Wildman–Crippen MR) is 86.2 cm³/mol. The fraction of sp³-hybridized carbons (Fsp3) is 0.167. The minimum Gasteiger partial charge on any atom is -0.496 e. The van der Waals surface area contributed by atoms with E-state index in [0.717, 1.165) is 22.6 Å². The molecular formula is C18H18O4. The molecule has 22 heavy (non-hydrogen) atoms. The van der Waals surface area contributed by atoms with E-state index in [0.29, 0.717) is 5.75 Å². The normalized spacial score (nSPS) is 10.5. The smallest absolute Gasteiger partial charge is 0.308 e. The molecule has 0 atom stereocenters. The first-order chi connectivity index (χ1) is 10.6. The first-order valence-electron chi connectivity index (χ1n) is 6.81. The fourth-order valence-electron chi connectivity index (χ4n) is 2.04. The van der Waals surface area contributed by atoms with Crippen LogP contribution in [-0.4, -0.2) is 20.2 Å². The van der Waals surface area contributed by atoms with Crippen molar-refractivity contribution in [2.75, 3.05) is 14.2 Å². The number of carbonyl (C=O) groups excluding carboxylic acids is 1. The summed E-state index contributed by atoms with van der Waals surface area (Å²) in [6.07, 6.45) is 3.87. The molecule has 0 aromatic heterocycles. The zero-order chi connectivity index (χ0) is 15.9. The van der Waals surface area contributed by atoms with Crippen LogP contribution in [0.4, 0.5) is 0 Å². The third kappa shape index (κ3) is 3.88. The molecule has 0 aliphatic rings. The van der Waals surface area contributed by atoms with Crippen molar-refractivity contribution in [3.05, 3.63) is 53.6 Å². The summed E-state index contributed by atoms with van der Waals surface area (Å²) in [6.45, 7) is 1.38. The van der Waals surface area contributed by atoms with Crippen LogP contribution in [-0.2, 0) is 4.79 Å². The molecule has 0 bridgehead atoms. The first-order valence-corrected chi connectivity index (χ1v) is 6.81. The van der Waals surface area contributed by atoms with Crippen LogP contribution >= 0.6 is 0 Å². The lowest BCUT2D eigenvalue weighted by Gasteiger charge is -2.09. The fourth-order valence-corrected chi connectivity index (χ4v) is 2.04. The molecule has 0 heterocycles. The summed E-state index contributed by atoms with van der Waals surface area (Å²) in [5.74, 6) is 1.68. The number of methoxy groups -OCH3 is 2. The van der Waals surface area contributed by atoms with Crippen molar-refractivity contribution in [2.45, 2.75) is 6.92 Å². The quantitative estimate of drug-likeness (QED) is 0.478. The van der Waals surface area contributed by atoms with Crippen LogP contribution < -0.4 is 14.2 Å². The zero-order valence-electron chi connectivity index (χ0n) is 12.8. The SMILES string of the molecule is COc1cccc(OC)c1/C=C/c1ccc(OC(C)=O)cc1. The van der Waals surface area contributed by atoms with Crippen molar-refractivity contribution in [1.82, 2.24) is 0 Å². The lowest BCUT2D eigenvalue weighted by atomic mass is 10.1. The van der Waals surface area contributed by atoms with Gasteiger partial charge in [0, 0.05) is 6.92 Å². The van der Waals surface area contributed by atoms with Gasteiger partial charge in [-0.1, -0.05) is 24.3 Å². The predicted octanol–water partition coefficient (Wildman–Crippen LogP) is 3.80. The minimum atomic E-state index is -0.331. The molecule has 4 nitrogen and oxygen atoms in total. The Morgan fingerprint density at radius 2 is 1.50 bits per heavy atom. The number of ether oxygens (including phenoxy) is 3. The Balaban J connectivity index is 2.23. The number of rotatable bonds is 5. The third-order valence-electron chi connectivity index (χ3n) is 3.05. The molecule has 2 aromatic carbocycles. The Kier molecular flexibility index (Phi) is 5.20. The summed E-state index contributed by atoms with van der Waals surface area (Å²) in [5, 5.41) is 0. The van der Waals surface area contributed by atoms with E-state index in [1.807, 2.05) is 42.5 Å². The molecular weight excluding hydrogens is 280 g/mol. The number of hydrogen-bond acceptors (Lipinski definition) is 4. The van der Waals surface area contributed by atoms with Gasteiger partial charge in [-0.2, -0.15) is 0 Å². The summed E-state index contributed by atoms with van der Waals surface area (Å²) in [5.41, 5.74) is 1.85. The van der Waals surface area contributed by atoms with Crippen LogP contribution in [0.5, 0.6) is 17.2 Å². The van der Waals surface area contributed by atoms with Crippen molar-refractivity contribution >= 4 is 18.1 Å². The Morgan fingerprint density at radius 3 is 2.00 bits per heavy atom. The topological polar surface area (TPSA) is 44.8 Å². The van der Waals surface area contributed by atoms with Gasteiger partial charge in [-0.25, -0.2) is 0 Å². The molecule has 0 radical (unpaired) electrons. The molecule has 0 saturated heterocycles. The summed E-state index contributed by atoms with van der Waals surface area (Å²) in [4.78, 5) is 10.9. The van der Waals surface area contributed by atoms with Gasteiger partial charge >= 0.3 is 5.97 Å². The largest absolute Gasteiger partial charge is 0.496 e. The number of esters is 1. The van der Waals surface area contributed by atoms with Crippen molar-refractivity contribution in [1.29, 1.82) is 0 Å². The molecule has 2 aromatic rings. The molecule has 0 unspecified atom stereocenters. The maximum Gasteiger partial charge on any atom is 0.308 e. The van der Waals surface area contributed by atoms with Crippen LogP contribution in [0.3, 0.4) is 0 Å². The second-order valence-corrected chi connectivity index (χ2v) is 4.57. The highest BCUT2D eigenvalue weighted by Crippen LogP contribution is 2.30. The van der Waals surface area contributed by atoms with E-state index in [-0.39, 0.29) is 5.97 Å². The van der Waals surface area contributed by atoms with Crippen LogP contribution in [0, 0.1) is 0 Å². The van der Waals surface area contributed by atoms with E-state index in [9.17, 15) is 4.79 Å². The van der Waals surface area contributed by atoms with Crippen molar-refractivity contribution < 1.29 is 19.0 Å². The van der Waals surface area contributed by atoms with Crippen LogP contribution in [0.2, 0.25) is 0 Å². The Morgan fingerprint density at radius 1 is 0.909 bits per heavy atom. The molecule has 0 amide bonds. The van der Waals surface area contributed by atoms with Gasteiger partial charge in [0.1, 0.15) is 17.2 Å². The second-order valence-electron chi connectivity index (χ2n) is 4.57. The summed E-state index contributed by atoms with van der Waals surface area (Å²) < 4.78 is 15.7. The van der Waals surface area contributed by atoms with Crippen molar-refractivity contribution in [3.8, 4) is 17.2 Å². The van der Waals surface area contributed by atoms with E-state index in [4.69, 9.17) is 14.2 Å². The lowest BCUT2D eigenvalue weighted by Crippen LogP contribution is -2.00. The molecule has 0 N–H and O–H groups in total. The highest BCUT2D eigenvalue weighted by molar-refractivity contribution is 5.76. The standard InChI is InChI=1S/C18H18O4/c1-13(19)22-15-10-7-14(8-11-15)9-12-16-17(20-2)5-4-6-18(16)21-3/h4-12H,1-3H3/b12-9+. The summed E-state index contributed by atoms with van der Waals surface area (Å²) in [6, 6.07) is 12.9. The average Bonchev–Trinajstić information content (AvgIpc) is 2.53. The number of carbonyl (C=O) groups is 1. The molecule has 4 heteroatoms. The Hall–Kier alpha value is -2.75. The highest BCUT2D eigenvalue weighted by atomic mass is 16.5. The van der Waals surface area contributed by atoms with E-state index >= 15 is 0 Å². The van der Waals surface area contributed by atoms with Gasteiger partial charge in [0.05, 0.1) is 19.8 Å². The molecule has 0 spiro atoms. The minimum absolute atomic E-state index is 0.331. The second kappa shape index (κ2) is 7.31. The van der Waals surface area contributed by atoms with Gasteiger partial charge < -0.3 is 14.2 Å². The van der Waals surface area contributed by atoms with Gasteiger partial charge in [0.2, 0.25) is 0 Å². The van der Waals surface area contributed by atoms with Crippen LogP contribution in [0.15, 0.2) is 42.5 Å². The maximum absolute atomic E-state index is 10.9. The van der Waals surface area contributed by atoms with Gasteiger partial charge in [-0.3, -0.25) is 4.79 Å². The molecule has 0 aliphatic heterocycles. The van der Waals surface area contributed by atoms with Crippen LogP contribution in [0.1, 0.15) is 18.1 Å². The number of benzene rings is 2. The first kappa shape index (κ1) is 15.6. The molecule has 2 rings (SSSR count). The van der Waals surface area contributed by atoms with E-state index in [1.165, 1.54) is 6.92 Å². The molecule has 114 valence electrons. The van der Waals surface area contributed by atoms with Crippen molar-refractivity contribution in [2.24, 2.45) is 0 Å². The lowest BCUT2D eigenvalue weighted by molar-refractivity contribution is -0.131. The molecule has 0 fully saturated rings. The van der Waals surface area contributed by atoms with Gasteiger partial charge in [-0.15, -0.1) is 0 Å². The molecule has 0 saturated carbocycles. The Labute approximate surface area is 129 Å².